The zero-order valence-corrected chi connectivity index (χ0v) is 16.3. The minimum absolute atomic E-state index is 0.211. The van der Waals surface area contributed by atoms with E-state index in [1.807, 2.05) is 23.1 Å². The number of rotatable bonds is 3. The number of piperazine rings is 1. The summed E-state index contributed by atoms with van der Waals surface area (Å²) < 4.78 is 0. The van der Waals surface area contributed by atoms with Crippen LogP contribution in [-0.4, -0.2) is 42.0 Å². The number of nitrogens with zero attached hydrogens (tertiary/aromatic N) is 2. The largest absolute Gasteiger partial charge is 0.368 e. The monoisotopic (exact) mass is 361 g/mol. The molecular weight excluding hydrogens is 334 g/mol. The van der Waals surface area contributed by atoms with E-state index in [9.17, 15) is 4.79 Å². The molecule has 0 radical (unpaired) electrons. The van der Waals surface area contributed by atoms with Crippen LogP contribution in [0.15, 0.2) is 54.6 Å². The highest BCUT2D eigenvalue weighted by Crippen LogP contribution is 2.35. The number of aromatic amines is 1. The highest BCUT2D eigenvalue weighted by molar-refractivity contribution is 5.95. The number of para-hydroxylation sites is 2. The number of nitrogens with one attached hydrogen (secondary N) is 1. The van der Waals surface area contributed by atoms with Crippen molar-refractivity contribution < 1.29 is 4.79 Å². The lowest BCUT2D eigenvalue weighted by atomic mass is 9.81. The van der Waals surface area contributed by atoms with E-state index in [4.69, 9.17) is 0 Å². The Hall–Kier alpha value is -2.75. The molecule has 4 rings (SSSR count). The lowest BCUT2D eigenvalue weighted by Crippen LogP contribution is -2.53. The van der Waals surface area contributed by atoms with Crippen LogP contribution in [0.1, 0.15) is 25.1 Å². The van der Waals surface area contributed by atoms with Gasteiger partial charge in [-0.2, -0.15) is 0 Å². The molecule has 4 heteroatoms. The normalized spacial score (nSPS) is 15.4. The summed E-state index contributed by atoms with van der Waals surface area (Å²) in [5.74, 6) is 0.211. The molecule has 0 spiro atoms. The summed E-state index contributed by atoms with van der Waals surface area (Å²) >= 11 is 0. The minimum atomic E-state index is -0.557. The average Bonchev–Trinajstić information content (AvgIpc) is 3.04. The maximum atomic E-state index is 13.5. The first kappa shape index (κ1) is 17.7. The molecule has 2 aromatic carbocycles. The van der Waals surface area contributed by atoms with Crippen LogP contribution in [0, 0.1) is 6.92 Å². The highest BCUT2D eigenvalue weighted by atomic mass is 16.2. The number of aromatic nitrogens is 1. The lowest BCUT2D eigenvalue weighted by molar-refractivity contribution is -0.136. The van der Waals surface area contributed by atoms with Gasteiger partial charge in [0.1, 0.15) is 0 Å². The van der Waals surface area contributed by atoms with Gasteiger partial charge in [-0.3, -0.25) is 4.79 Å². The van der Waals surface area contributed by atoms with Gasteiger partial charge in [-0.15, -0.1) is 0 Å². The second-order valence-corrected chi connectivity index (χ2v) is 7.91. The molecule has 1 fully saturated rings. The van der Waals surface area contributed by atoms with E-state index >= 15 is 0 Å². The molecule has 0 bridgehead atoms. The van der Waals surface area contributed by atoms with E-state index in [-0.39, 0.29) is 5.91 Å². The van der Waals surface area contributed by atoms with Crippen molar-refractivity contribution in [2.24, 2.45) is 0 Å². The number of anilines is 1. The Morgan fingerprint density at radius 1 is 0.926 bits per heavy atom. The fourth-order valence-electron chi connectivity index (χ4n) is 4.39. The second kappa shape index (κ2) is 6.76. The van der Waals surface area contributed by atoms with Gasteiger partial charge in [0.25, 0.3) is 0 Å². The standard InChI is InChI=1S/C23H27N3O/c1-17-21(19-11-7-8-12-20(19)24-17)23(2,3)22(27)26-15-13-25(14-16-26)18-9-5-4-6-10-18/h4-12,24H,13-16H2,1-3H3. The maximum Gasteiger partial charge on any atom is 0.232 e. The first-order valence-electron chi connectivity index (χ1n) is 9.65. The van der Waals surface area contributed by atoms with Gasteiger partial charge >= 0.3 is 0 Å². The highest BCUT2D eigenvalue weighted by Gasteiger charge is 2.38. The Morgan fingerprint density at radius 3 is 2.26 bits per heavy atom. The summed E-state index contributed by atoms with van der Waals surface area (Å²) in [6.45, 7) is 9.45. The molecule has 0 unspecified atom stereocenters. The summed E-state index contributed by atoms with van der Waals surface area (Å²) in [5, 5.41) is 1.15. The topological polar surface area (TPSA) is 39.3 Å². The molecule has 1 amide bonds. The fraction of sp³-hybridized carbons (Fsp3) is 0.348. The number of carbonyl (C=O) groups excluding carboxylic acids is 1. The van der Waals surface area contributed by atoms with E-state index in [2.05, 4.69) is 67.1 Å². The molecule has 3 aromatic rings. The summed E-state index contributed by atoms with van der Waals surface area (Å²) in [5.41, 5.74) is 3.97. The summed E-state index contributed by atoms with van der Waals surface area (Å²) in [6, 6.07) is 18.7. The molecule has 27 heavy (non-hydrogen) atoms. The predicted molar refractivity (Wildman–Crippen MR) is 111 cm³/mol. The number of aryl methyl sites for hydroxylation is 1. The maximum absolute atomic E-state index is 13.5. The van der Waals surface area contributed by atoms with Crippen molar-refractivity contribution in [3.05, 3.63) is 65.9 Å². The van der Waals surface area contributed by atoms with Crippen molar-refractivity contribution in [3.63, 3.8) is 0 Å². The van der Waals surface area contributed by atoms with Gasteiger partial charge in [-0.25, -0.2) is 0 Å². The second-order valence-electron chi connectivity index (χ2n) is 7.91. The molecule has 0 aliphatic carbocycles. The van der Waals surface area contributed by atoms with E-state index in [0.717, 1.165) is 48.3 Å². The van der Waals surface area contributed by atoms with Gasteiger partial charge in [0.15, 0.2) is 0 Å². The average molecular weight is 361 g/mol. The van der Waals surface area contributed by atoms with Gasteiger partial charge < -0.3 is 14.8 Å². The van der Waals surface area contributed by atoms with Gasteiger partial charge in [0, 0.05) is 48.5 Å². The van der Waals surface area contributed by atoms with Crippen LogP contribution in [0.5, 0.6) is 0 Å². The molecule has 0 atom stereocenters. The van der Waals surface area contributed by atoms with Crippen LogP contribution in [0.2, 0.25) is 0 Å². The Bertz CT molecular complexity index is 950. The van der Waals surface area contributed by atoms with Crippen LogP contribution < -0.4 is 4.90 Å². The summed E-state index contributed by atoms with van der Waals surface area (Å²) in [6.07, 6.45) is 0. The minimum Gasteiger partial charge on any atom is -0.368 e. The predicted octanol–water partition coefficient (Wildman–Crippen LogP) is 4.10. The van der Waals surface area contributed by atoms with Gasteiger partial charge in [-0.1, -0.05) is 36.4 Å². The molecule has 1 N–H and O–H groups in total. The quantitative estimate of drug-likeness (QED) is 0.763. The van der Waals surface area contributed by atoms with E-state index in [1.165, 1.54) is 5.69 Å². The van der Waals surface area contributed by atoms with Crippen molar-refractivity contribution in [2.45, 2.75) is 26.2 Å². The molecule has 2 heterocycles. The molecule has 1 aliphatic heterocycles. The summed E-state index contributed by atoms with van der Waals surface area (Å²) in [4.78, 5) is 21.3. The number of carbonyl (C=O) groups is 1. The first-order valence-corrected chi connectivity index (χ1v) is 9.65. The summed E-state index contributed by atoms with van der Waals surface area (Å²) in [7, 11) is 0. The number of benzene rings is 2. The molecule has 1 saturated heterocycles. The Balaban J connectivity index is 1.55. The van der Waals surface area contributed by atoms with Crippen LogP contribution in [0.25, 0.3) is 10.9 Å². The third-order valence-corrected chi connectivity index (χ3v) is 5.74. The number of hydrogen-bond donors (Lipinski definition) is 1. The van der Waals surface area contributed by atoms with Gasteiger partial charge in [-0.05, 0) is 44.5 Å². The molecular formula is C23H27N3O. The molecule has 0 saturated carbocycles. The van der Waals surface area contributed by atoms with Crippen molar-refractivity contribution in [1.29, 1.82) is 0 Å². The molecule has 1 aromatic heterocycles. The molecule has 1 aliphatic rings. The molecule has 140 valence electrons. The smallest absolute Gasteiger partial charge is 0.232 e. The van der Waals surface area contributed by atoms with Crippen molar-refractivity contribution in [1.82, 2.24) is 9.88 Å². The van der Waals surface area contributed by atoms with Crippen molar-refractivity contribution in [2.75, 3.05) is 31.1 Å². The zero-order chi connectivity index (χ0) is 19.0. The van der Waals surface area contributed by atoms with E-state index < -0.39 is 5.41 Å². The third kappa shape index (κ3) is 3.09. The van der Waals surface area contributed by atoms with Gasteiger partial charge in [0.2, 0.25) is 5.91 Å². The number of fused-ring (bicyclic) bond motifs is 1. The van der Waals surface area contributed by atoms with Crippen LogP contribution >= 0.6 is 0 Å². The molecule has 4 nitrogen and oxygen atoms in total. The first-order chi connectivity index (χ1) is 13.0. The Labute approximate surface area is 160 Å². The lowest BCUT2D eigenvalue weighted by Gasteiger charge is -2.39. The Kier molecular flexibility index (Phi) is 4.42. The van der Waals surface area contributed by atoms with E-state index in [1.54, 1.807) is 0 Å². The van der Waals surface area contributed by atoms with Gasteiger partial charge in [0.05, 0.1) is 5.41 Å². The van der Waals surface area contributed by atoms with Crippen LogP contribution in [0.4, 0.5) is 5.69 Å². The fourth-order valence-corrected chi connectivity index (χ4v) is 4.39. The number of amides is 1. The van der Waals surface area contributed by atoms with Crippen LogP contribution in [-0.2, 0) is 10.2 Å². The third-order valence-electron chi connectivity index (χ3n) is 5.74. The van der Waals surface area contributed by atoms with Crippen molar-refractivity contribution in [3.8, 4) is 0 Å². The zero-order valence-electron chi connectivity index (χ0n) is 16.3. The number of H-pyrrole nitrogens is 1. The van der Waals surface area contributed by atoms with Crippen LogP contribution in [0.3, 0.4) is 0 Å². The Morgan fingerprint density at radius 2 is 1.56 bits per heavy atom. The number of hydrogen-bond acceptors (Lipinski definition) is 2. The van der Waals surface area contributed by atoms with E-state index in [0.29, 0.717) is 0 Å². The SMILES string of the molecule is Cc1[nH]c2ccccc2c1C(C)(C)C(=O)N1CCN(c2ccccc2)CC1. The van der Waals surface area contributed by atoms with Crippen molar-refractivity contribution >= 4 is 22.5 Å².